The van der Waals surface area contributed by atoms with Crippen molar-refractivity contribution in [3.63, 3.8) is 0 Å². The van der Waals surface area contributed by atoms with Gasteiger partial charge in [0.2, 0.25) is 0 Å². The van der Waals surface area contributed by atoms with Gasteiger partial charge in [-0.25, -0.2) is 4.99 Å². The molecule has 2 rings (SSSR count). The maximum atomic E-state index is 5.24. The summed E-state index contributed by atoms with van der Waals surface area (Å²) in [6, 6.07) is 11.8. The first-order valence-corrected chi connectivity index (χ1v) is 8.26. The van der Waals surface area contributed by atoms with Gasteiger partial charge in [0.05, 0.1) is 30.4 Å². The molecule has 122 valence electrons. The number of aliphatic imine (C=N–C) groups is 1. The van der Waals surface area contributed by atoms with Gasteiger partial charge in [0.15, 0.2) is 5.96 Å². The number of hydrogen-bond donors (Lipinski definition) is 2. The molecule has 0 aliphatic heterocycles. The first-order valence-electron chi connectivity index (χ1n) is 7.47. The molecule has 0 atom stereocenters. The number of ether oxygens (including phenoxy) is 1. The van der Waals surface area contributed by atoms with E-state index in [2.05, 4.69) is 36.5 Å². The molecular weight excluding hydrogens is 356 g/mol. The molecule has 2 N–H and O–H groups in total. The summed E-state index contributed by atoms with van der Waals surface area (Å²) >= 11 is 3.49. The summed E-state index contributed by atoms with van der Waals surface area (Å²) in [5.74, 6) is 1.59. The molecule has 0 fully saturated rings. The standard InChI is InChI=1S/C17H21BrN4O/c1-3-19-17(22-12-14-6-4-5-9-20-14)21-11-13-7-8-16(23-2)15(18)10-13/h4-10H,3,11-12H2,1-2H3,(H2,19,21,22). The second kappa shape index (κ2) is 9.15. The number of halogens is 1. The largest absolute Gasteiger partial charge is 0.496 e. The number of aromatic nitrogens is 1. The van der Waals surface area contributed by atoms with Crippen molar-refractivity contribution in [2.75, 3.05) is 13.7 Å². The van der Waals surface area contributed by atoms with Crippen molar-refractivity contribution in [1.29, 1.82) is 0 Å². The molecule has 0 spiro atoms. The zero-order valence-corrected chi connectivity index (χ0v) is 14.9. The average Bonchev–Trinajstić information content (AvgIpc) is 2.58. The molecule has 1 aromatic heterocycles. The summed E-state index contributed by atoms with van der Waals surface area (Å²) < 4.78 is 6.17. The van der Waals surface area contributed by atoms with Crippen LogP contribution in [0.2, 0.25) is 0 Å². The van der Waals surface area contributed by atoms with Crippen LogP contribution in [0.15, 0.2) is 52.1 Å². The molecule has 0 aliphatic rings. The Morgan fingerprint density at radius 2 is 2.13 bits per heavy atom. The van der Waals surface area contributed by atoms with Crippen molar-refractivity contribution in [2.24, 2.45) is 4.99 Å². The molecule has 23 heavy (non-hydrogen) atoms. The number of rotatable bonds is 6. The zero-order valence-electron chi connectivity index (χ0n) is 13.3. The number of pyridine rings is 1. The van der Waals surface area contributed by atoms with E-state index in [9.17, 15) is 0 Å². The third-order valence-electron chi connectivity index (χ3n) is 3.14. The monoisotopic (exact) mass is 376 g/mol. The number of nitrogens with zero attached hydrogens (tertiary/aromatic N) is 2. The van der Waals surface area contributed by atoms with Crippen LogP contribution in [0, 0.1) is 0 Å². The van der Waals surface area contributed by atoms with Crippen LogP contribution in [0.5, 0.6) is 5.75 Å². The van der Waals surface area contributed by atoms with E-state index < -0.39 is 0 Å². The summed E-state index contributed by atoms with van der Waals surface area (Å²) in [6.45, 7) is 4.07. The fourth-order valence-electron chi connectivity index (χ4n) is 2.00. The molecule has 0 amide bonds. The van der Waals surface area contributed by atoms with Crippen LogP contribution in [0.4, 0.5) is 0 Å². The highest BCUT2D eigenvalue weighted by atomic mass is 79.9. The predicted molar refractivity (Wildman–Crippen MR) is 96.6 cm³/mol. The van der Waals surface area contributed by atoms with Crippen LogP contribution in [-0.2, 0) is 13.1 Å². The number of nitrogens with one attached hydrogen (secondary N) is 2. The molecule has 0 saturated carbocycles. The molecule has 0 unspecified atom stereocenters. The molecule has 0 aliphatic carbocycles. The molecule has 0 radical (unpaired) electrons. The van der Waals surface area contributed by atoms with E-state index in [1.54, 1.807) is 13.3 Å². The van der Waals surface area contributed by atoms with E-state index in [4.69, 9.17) is 4.74 Å². The quantitative estimate of drug-likeness (QED) is 0.600. The number of benzene rings is 1. The van der Waals surface area contributed by atoms with Gasteiger partial charge in [0.25, 0.3) is 0 Å². The molecule has 0 saturated heterocycles. The lowest BCUT2D eigenvalue weighted by Crippen LogP contribution is -2.36. The van der Waals surface area contributed by atoms with E-state index in [0.29, 0.717) is 13.1 Å². The topological polar surface area (TPSA) is 58.5 Å². The lowest BCUT2D eigenvalue weighted by atomic mass is 10.2. The highest BCUT2D eigenvalue weighted by molar-refractivity contribution is 9.10. The van der Waals surface area contributed by atoms with Gasteiger partial charge < -0.3 is 15.4 Å². The number of hydrogen-bond acceptors (Lipinski definition) is 3. The van der Waals surface area contributed by atoms with Gasteiger partial charge in [-0.3, -0.25) is 4.98 Å². The van der Waals surface area contributed by atoms with Crippen molar-refractivity contribution in [1.82, 2.24) is 15.6 Å². The minimum atomic E-state index is 0.583. The van der Waals surface area contributed by atoms with E-state index in [1.165, 1.54) is 0 Å². The van der Waals surface area contributed by atoms with Gasteiger partial charge in [-0.1, -0.05) is 12.1 Å². The summed E-state index contributed by atoms with van der Waals surface area (Å²) in [4.78, 5) is 8.89. The number of guanidine groups is 1. The van der Waals surface area contributed by atoms with Crippen LogP contribution in [0.3, 0.4) is 0 Å². The highest BCUT2D eigenvalue weighted by Crippen LogP contribution is 2.25. The SMILES string of the molecule is CCNC(=NCc1ccc(OC)c(Br)c1)NCc1ccccn1. The Balaban J connectivity index is 1.99. The van der Waals surface area contributed by atoms with Crippen molar-refractivity contribution in [3.05, 3.63) is 58.3 Å². The van der Waals surface area contributed by atoms with Crippen molar-refractivity contribution in [2.45, 2.75) is 20.0 Å². The fraction of sp³-hybridized carbons (Fsp3) is 0.294. The maximum Gasteiger partial charge on any atom is 0.191 e. The van der Waals surface area contributed by atoms with Crippen LogP contribution in [-0.4, -0.2) is 24.6 Å². The first kappa shape index (κ1) is 17.3. The van der Waals surface area contributed by atoms with Gasteiger partial charge in [0.1, 0.15) is 5.75 Å². The smallest absolute Gasteiger partial charge is 0.191 e. The highest BCUT2D eigenvalue weighted by Gasteiger charge is 2.02. The molecule has 2 aromatic rings. The van der Waals surface area contributed by atoms with E-state index >= 15 is 0 Å². The Labute approximate surface area is 145 Å². The first-order chi connectivity index (χ1) is 11.2. The van der Waals surface area contributed by atoms with Crippen LogP contribution < -0.4 is 15.4 Å². The minimum Gasteiger partial charge on any atom is -0.496 e. The zero-order chi connectivity index (χ0) is 16.5. The Morgan fingerprint density at radius 3 is 2.78 bits per heavy atom. The number of methoxy groups -OCH3 is 1. The normalized spacial score (nSPS) is 11.2. The molecule has 0 bridgehead atoms. The van der Waals surface area contributed by atoms with Gasteiger partial charge in [-0.05, 0) is 52.7 Å². The molecular formula is C17H21BrN4O. The van der Waals surface area contributed by atoms with Crippen LogP contribution >= 0.6 is 15.9 Å². The molecule has 1 heterocycles. The lowest BCUT2D eigenvalue weighted by Gasteiger charge is -2.11. The second-order valence-electron chi connectivity index (χ2n) is 4.84. The second-order valence-corrected chi connectivity index (χ2v) is 5.69. The fourth-order valence-corrected chi connectivity index (χ4v) is 2.59. The van der Waals surface area contributed by atoms with E-state index in [-0.39, 0.29) is 0 Å². The summed E-state index contributed by atoms with van der Waals surface area (Å²) in [6.07, 6.45) is 1.79. The average molecular weight is 377 g/mol. The van der Waals surface area contributed by atoms with Crippen molar-refractivity contribution in [3.8, 4) is 5.75 Å². The molecule has 6 heteroatoms. The molecule has 1 aromatic carbocycles. The van der Waals surface area contributed by atoms with Gasteiger partial charge in [-0.15, -0.1) is 0 Å². The Hall–Kier alpha value is -2.08. The van der Waals surface area contributed by atoms with Gasteiger partial charge >= 0.3 is 0 Å². The Kier molecular flexibility index (Phi) is 6.87. The van der Waals surface area contributed by atoms with Crippen molar-refractivity contribution < 1.29 is 4.74 Å². The third kappa shape index (κ3) is 5.56. The third-order valence-corrected chi connectivity index (χ3v) is 3.76. The summed E-state index contributed by atoms with van der Waals surface area (Å²) in [5, 5.41) is 6.52. The maximum absolute atomic E-state index is 5.24. The van der Waals surface area contributed by atoms with Crippen molar-refractivity contribution >= 4 is 21.9 Å². The van der Waals surface area contributed by atoms with E-state index in [0.717, 1.165) is 34.0 Å². The summed E-state index contributed by atoms with van der Waals surface area (Å²) in [5.41, 5.74) is 2.08. The lowest BCUT2D eigenvalue weighted by molar-refractivity contribution is 0.412. The van der Waals surface area contributed by atoms with Gasteiger partial charge in [0, 0.05) is 12.7 Å². The minimum absolute atomic E-state index is 0.583. The Morgan fingerprint density at radius 1 is 1.26 bits per heavy atom. The van der Waals surface area contributed by atoms with E-state index in [1.807, 2.05) is 43.3 Å². The Bertz CT molecular complexity index is 646. The predicted octanol–water partition coefficient (Wildman–Crippen LogP) is 3.11. The molecule has 5 nitrogen and oxygen atoms in total. The van der Waals surface area contributed by atoms with Gasteiger partial charge in [-0.2, -0.15) is 0 Å². The summed E-state index contributed by atoms with van der Waals surface area (Å²) in [7, 11) is 1.66. The van der Waals surface area contributed by atoms with Crippen LogP contribution in [0.25, 0.3) is 0 Å². The van der Waals surface area contributed by atoms with Crippen LogP contribution in [0.1, 0.15) is 18.2 Å².